The molecule has 2 aromatic carbocycles. The largest absolute Gasteiger partial charge is 0.354 e. The van der Waals surface area contributed by atoms with E-state index in [0.717, 1.165) is 16.8 Å². The van der Waals surface area contributed by atoms with Gasteiger partial charge in [0.05, 0.1) is 11.1 Å². The van der Waals surface area contributed by atoms with Gasteiger partial charge in [-0.2, -0.15) is 0 Å². The predicted octanol–water partition coefficient (Wildman–Crippen LogP) is 2.45. The van der Waals surface area contributed by atoms with E-state index in [1.54, 1.807) is 15.6 Å². The van der Waals surface area contributed by atoms with E-state index in [1.165, 1.54) is 12.1 Å². The molecule has 2 N–H and O–H groups in total. The summed E-state index contributed by atoms with van der Waals surface area (Å²) in [6.45, 7) is 1.91. The number of aryl methyl sites for hydroxylation is 2. The van der Waals surface area contributed by atoms with Crippen LogP contribution in [0.2, 0.25) is 0 Å². The van der Waals surface area contributed by atoms with E-state index in [1.807, 2.05) is 42.6 Å². The van der Waals surface area contributed by atoms with Crippen molar-refractivity contribution in [3.05, 3.63) is 83.4 Å². The second-order valence-corrected chi connectivity index (χ2v) is 10.8. The van der Waals surface area contributed by atoms with Gasteiger partial charge in [-0.25, -0.2) is 4.39 Å². The number of amides is 3. The van der Waals surface area contributed by atoms with Crippen molar-refractivity contribution in [2.24, 2.45) is 5.41 Å². The van der Waals surface area contributed by atoms with Gasteiger partial charge in [0.1, 0.15) is 11.9 Å². The van der Waals surface area contributed by atoms with E-state index in [-0.39, 0.29) is 30.0 Å². The van der Waals surface area contributed by atoms with Crippen LogP contribution in [0.25, 0.3) is 0 Å². The predicted molar refractivity (Wildman–Crippen MR) is 146 cm³/mol. The summed E-state index contributed by atoms with van der Waals surface area (Å²) < 4.78 is 15.3. The lowest BCUT2D eigenvalue weighted by Gasteiger charge is -2.41. The van der Waals surface area contributed by atoms with Gasteiger partial charge < -0.3 is 15.5 Å². The number of likely N-dealkylation sites (tertiary alicyclic amines) is 1. The highest BCUT2D eigenvalue weighted by Gasteiger charge is 2.44. The lowest BCUT2D eigenvalue weighted by Crippen LogP contribution is -2.56. The van der Waals surface area contributed by atoms with Crippen LogP contribution in [0.1, 0.15) is 42.5 Å². The molecule has 1 atom stereocenters. The van der Waals surface area contributed by atoms with Gasteiger partial charge in [0.15, 0.2) is 0 Å². The molecule has 0 radical (unpaired) electrons. The molecule has 3 amide bonds. The van der Waals surface area contributed by atoms with Gasteiger partial charge >= 0.3 is 0 Å². The van der Waals surface area contributed by atoms with Gasteiger partial charge in [-0.1, -0.05) is 47.7 Å². The number of nitrogens with one attached hydrogen (secondary N) is 2. The van der Waals surface area contributed by atoms with Crippen LogP contribution in [0.3, 0.4) is 0 Å². The maximum atomic E-state index is 14.0. The number of hydrogen-bond donors (Lipinski definition) is 2. The molecule has 2 bridgehead atoms. The van der Waals surface area contributed by atoms with Crippen molar-refractivity contribution < 1.29 is 18.8 Å². The average molecular weight is 547 g/mol. The molecule has 3 heterocycles. The van der Waals surface area contributed by atoms with E-state index in [2.05, 4.69) is 20.9 Å². The first-order valence-corrected chi connectivity index (χ1v) is 13.9. The lowest BCUT2D eigenvalue weighted by atomic mass is 9.73. The minimum Gasteiger partial charge on any atom is -0.354 e. The molecule has 40 heavy (non-hydrogen) atoms. The second-order valence-electron chi connectivity index (χ2n) is 10.8. The number of aromatic nitrogens is 3. The zero-order valence-corrected chi connectivity index (χ0v) is 22.5. The van der Waals surface area contributed by atoms with Crippen LogP contribution in [0.5, 0.6) is 0 Å². The van der Waals surface area contributed by atoms with Crippen LogP contribution in [0.15, 0.2) is 60.8 Å². The number of hydrogen-bond acceptors (Lipinski definition) is 5. The Morgan fingerprint density at radius 3 is 2.58 bits per heavy atom. The molecule has 3 aromatic rings. The van der Waals surface area contributed by atoms with Crippen molar-refractivity contribution in [2.75, 3.05) is 19.6 Å². The maximum absolute atomic E-state index is 14.0. The first kappa shape index (κ1) is 27.5. The average Bonchev–Trinajstić information content (AvgIpc) is 3.41. The number of halogens is 1. The van der Waals surface area contributed by atoms with E-state index < -0.39 is 11.5 Å². The Bertz CT molecular complexity index is 1340. The molecule has 0 aliphatic carbocycles. The Labute approximate surface area is 233 Å². The normalized spacial score (nSPS) is 19.6. The Hall–Kier alpha value is -4.08. The molecule has 5 rings (SSSR count). The Morgan fingerprint density at radius 2 is 1.80 bits per heavy atom. The molecule has 1 spiro atoms. The highest BCUT2D eigenvalue weighted by Crippen LogP contribution is 2.36. The number of fused-ring (bicyclic) bond motifs is 2. The highest BCUT2D eigenvalue weighted by atomic mass is 19.1. The molecular weight excluding hydrogens is 511 g/mol. The minimum absolute atomic E-state index is 0.0172. The topological polar surface area (TPSA) is 109 Å². The minimum atomic E-state index is -0.830. The number of benzene rings is 2. The quantitative estimate of drug-likeness (QED) is 0.511. The third-order valence-corrected chi connectivity index (χ3v) is 7.94. The van der Waals surface area contributed by atoms with Gasteiger partial charge in [0.25, 0.3) is 0 Å². The van der Waals surface area contributed by atoms with Crippen molar-refractivity contribution in [1.82, 2.24) is 30.5 Å². The van der Waals surface area contributed by atoms with E-state index in [0.29, 0.717) is 64.7 Å². The van der Waals surface area contributed by atoms with Gasteiger partial charge in [0, 0.05) is 51.6 Å². The first-order chi connectivity index (χ1) is 19.4. The molecule has 1 fully saturated rings. The van der Waals surface area contributed by atoms with Gasteiger partial charge in [-0.15, -0.1) is 5.10 Å². The number of rotatable bonds is 5. The summed E-state index contributed by atoms with van der Waals surface area (Å²) in [4.78, 5) is 42.0. The van der Waals surface area contributed by atoms with E-state index in [9.17, 15) is 18.8 Å². The van der Waals surface area contributed by atoms with Crippen molar-refractivity contribution in [3.8, 4) is 0 Å². The van der Waals surface area contributed by atoms with Gasteiger partial charge in [-0.3, -0.25) is 19.1 Å². The fraction of sp³-hybridized carbons (Fsp3) is 0.433. The maximum Gasteiger partial charge on any atom is 0.242 e. The molecule has 10 heteroatoms. The smallest absolute Gasteiger partial charge is 0.242 e. The lowest BCUT2D eigenvalue weighted by molar-refractivity contribution is -0.142. The molecule has 0 saturated carbocycles. The van der Waals surface area contributed by atoms with Gasteiger partial charge in [-0.05, 0) is 48.9 Å². The molecule has 0 unspecified atom stereocenters. The SMILES string of the molecule is O=C1NCCCn2cc(nn2)CC2(CCN(C(=O)CCc3cccc(F)c3)CC2)C(=O)N[C@H]1Cc1ccccc1. The van der Waals surface area contributed by atoms with Crippen molar-refractivity contribution in [3.63, 3.8) is 0 Å². The van der Waals surface area contributed by atoms with E-state index in [4.69, 9.17) is 0 Å². The third kappa shape index (κ3) is 6.73. The van der Waals surface area contributed by atoms with Crippen LogP contribution in [0.4, 0.5) is 4.39 Å². The molecule has 1 saturated heterocycles. The van der Waals surface area contributed by atoms with Crippen LogP contribution in [-0.2, 0) is 40.2 Å². The number of piperidine rings is 1. The summed E-state index contributed by atoms with van der Waals surface area (Å²) in [5.41, 5.74) is 1.63. The third-order valence-electron chi connectivity index (χ3n) is 7.94. The van der Waals surface area contributed by atoms with E-state index >= 15 is 0 Å². The highest BCUT2D eigenvalue weighted by molar-refractivity contribution is 5.90. The molecular formula is C30H35FN6O3. The Morgan fingerprint density at radius 1 is 1.02 bits per heavy atom. The summed E-state index contributed by atoms with van der Waals surface area (Å²) >= 11 is 0. The fourth-order valence-corrected chi connectivity index (χ4v) is 5.59. The summed E-state index contributed by atoms with van der Waals surface area (Å²) in [7, 11) is 0. The van der Waals surface area contributed by atoms with Gasteiger partial charge in [0.2, 0.25) is 17.7 Å². The van der Waals surface area contributed by atoms with Crippen LogP contribution >= 0.6 is 0 Å². The number of carbonyl (C=O) groups excluding carboxylic acids is 3. The van der Waals surface area contributed by atoms with Crippen molar-refractivity contribution in [2.45, 2.75) is 57.5 Å². The van der Waals surface area contributed by atoms with Crippen LogP contribution in [0, 0.1) is 11.2 Å². The van der Waals surface area contributed by atoms with Crippen LogP contribution < -0.4 is 10.6 Å². The summed E-state index contributed by atoms with van der Waals surface area (Å²) in [5, 5.41) is 14.6. The van der Waals surface area contributed by atoms with Crippen LogP contribution in [-0.4, -0.2) is 63.3 Å². The molecule has 2 aliphatic rings. The second kappa shape index (κ2) is 12.4. The zero-order chi connectivity index (χ0) is 28.0. The number of nitrogens with zero attached hydrogens (tertiary/aromatic N) is 4. The summed E-state index contributed by atoms with van der Waals surface area (Å²) in [5.74, 6) is -0.749. The first-order valence-electron chi connectivity index (χ1n) is 13.9. The van der Waals surface area contributed by atoms with Crippen molar-refractivity contribution >= 4 is 17.7 Å². The molecule has 1 aromatic heterocycles. The number of carbonyl (C=O) groups is 3. The molecule has 210 valence electrons. The zero-order valence-electron chi connectivity index (χ0n) is 22.5. The molecule has 2 aliphatic heterocycles. The van der Waals surface area contributed by atoms with Crippen molar-refractivity contribution in [1.29, 1.82) is 0 Å². The Balaban J connectivity index is 1.31. The summed E-state index contributed by atoms with van der Waals surface area (Å²) in [6.07, 6.45) is 4.94. The monoisotopic (exact) mass is 546 g/mol. The Kier molecular flexibility index (Phi) is 8.52. The molecule has 9 nitrogen and oxygen atoms in total. The standard InChI is InChI=1S/C30H35FN6O3/c31-24-9-4-8-23(18-24)10-11-27(38)36-16-12-30(13-17-36)20-25-21-37(35-34-25)15-5-14-32-28(39)26(33-29(30)40)19-22-6-2-1-3-7-22/h1-4,6-9,18,21,26H,5,10-17,19-20H2,(H,32,39)(H,33,40)/t26-/m0/s1. The fourth-order valence-electron chi connectivity index (χ4n) is 5.59. The summed E-state index contributed by atoms with van der Waals surface area (Å²) in [6, 6.07) is 15.2.